The Balaban J connectivity index is 1.42. The summed E-state index contributed by atoms with van der Waals surface area (Å²) < 4.78 is 19.5. The number of methoxy groups -OCH3 is 1. The van der Waals surface area contributed by atoms with Gasteiger partial charge in [-0.05, 0) is 56.8 Å². The topological polar surface area (TPSA) is 95.1 Å². The summed E-state index contributed by atoms with van der Waals surface area (Å²) in [6.45, 7) is 5.77. The summed E-state index contributed by atoms with van der Waals surface area (Å²) in [6.07, 6.45) is 5.39. The van der Waals surface area contributed by atoms with E-state index in [4.69, 9.17) is 21.2 Å². The van der Waals surface area contributed by atoms with Crippen LogP contribution in [0.25, 0.3) is 0 Å². The number of carbonyl (C=O) groups is 1. The Kier molecular flexibility index (Phi) is 9.10. The Morgan fingerprint density at radius 3 is 2.64 bits per heavy atom. The lowest BCUT2D eigenvalue weighted by molar-refractivity contribution is -0.111. The number of halogens is 2. The molecule has 1 unspecified atom stereocenters. The zero-order valence-electron chi connectivity index (χ0n) is 23.9. The number of carbonyl (C=O) groups excluding carboxylic acids is 1. The highest BCUT2D eigenvalue weighted by molar-refractivity contribution is 6.30. The first-order chi connectivity index (χ1) is 20.3. The van der Waals surface area contributed by atoms with Crippen LogP contribution in [-0.2, 0) is 9.63 Å². The molecule has 0 aliphatic carbocycles. The van der Waals surface area contributed by atoms with E-state index in [9.17, 15) is 9.18 Å². The van der Waals surface area contributed by atoms with Crippen LogP contribution in [0, 0.1) is 5.82 Å². The Bertz CT molecular complexity index is 1450. The van der Waals surface area contributed by atoms with Gasteiger partial charge in [0.25, 0.3) is 0 Å². The van der Waals surface area contributed by atoms with E-state index in [0.29, 0.717) is 47.8 Å². The van der Waals surface area contributed by atoms with Crippen LogP contribution in [0.4, 0.5) is 33.1 Å². The van der Waals surface area contributed by atoms with Crippen molar-refractivity contribution in [2.75, 3.05) is 61.5 Å². The summed E-state index contributed by atoms with van der Waals surface area (Å²) in [5.41, 5.74) is 2.94. The lowest BCUT2D eigenvalue weighted by atomic mass is 10.0. The molecular weight excluding hydrogens is 561 g/mol. The lowest BCUT2D eigenvalue weighted by Crippen LogP contribution is -2.42. The van der Waals surface area contributed by atoms with Crippen LogP contribution in [-0.4, -0.2) is 67.7 Å². The summed E-state index contributed by atoms with van der Waals surface area (Å²) in [7, 11) is 5.81. The van der Waals surface area contributed by atoms with E-state index in [1.807, 2.05) is 12.1 Å². The van der Waals surface area contributed by atoms with Crippen LogP contribution >= 0.6 is 11.6 Å². The molecule has 10 nitrogen and oxygen atoms in total. The molecule has 2 aromatic carbocycles. The fourth-order valence-corrected chi connectivity index (χ4v) is 5.58. The number of nitrogens with zero attached hydrogens (tertiary/aromatic N) is 5. The van der Waals surface area contributed by atoms with Gasteiger partial charge in [-0.2, -0.15) is 0 Å². The van der Waals surface area contributed by atoms with Gasteiger partial charge in [0.1, 0.15) is 23.7 Å². The highest BCUT2D eigenvalue weighted by Crippen LogP contribution is 2.40. The van der Waals surface area contributed by atoms with Gasteiger partial charge in [-0.15, -0.1) is 0 Å². The van der Waals surface area contributed by atoms with Crippen molar-refractivity contribution in [3.8, 4) is 5.75 Å². The second-order valence-electron chi connectivity index (χ2n) is 10.5. The molecule has 2 N–H and O–H groups in total. The fraction of sp³-hybridized carbons (Fsp3) is 0.367. The van der Waals surface area contributed by atoms with Gasteiger partial charge in [0.2, 0.25) is 5.91 Å². The summed E-state index contributed by atoms with van der Waals surface area (Å²) in [5, 5.41) is 8.01. The Morgan fingerprint density at radius 1 is 1.17 bits per heavy atom. The van der Waals surface area contributed by atoms with Crippen molar-refractivity contribution in [1.29, 1.82) is 0 Å². The summed E-state index contributed by atoms with van der Waals surface area (Å²) in [5.74, 6) is 0.826. The van der Waals surface area contributed by atoms with Gasteiger partial charge in [-0.25, -0.2) is 19.4 Å². The van der Waals surface area contributed by atoms with Crippen molar-refractivity contribution in [2.24, 2.45) is 0 Å². The number of piperidine rings is 1. The number of ether oxygens (including phenoxy) is 1. The molecular formula is C30H35ClFN7O3. The molecule has 222 valence electrons. The van der Waals surface area contributed by atoms with Gasteiger partial charge in [0.15, 0.2) is 5.82 Å². The third kappa shape index (κ3) is 6.43. The quantitative estimate of drug-likeness (QED) is 0.308. The van der Waals surface area contributed by atoms with E-state index in [-0.39, 0.29) is 17.0 Å². The second kappa shape index (κ2) is 12.9. The van der Waals surface area contributed by atoms with Crippen molar-refractivity contribution in [3.05, 3.63) is 71.8 Å². The van der Waals surface area contributed by atoms with E-state index < -0.39 is 5.82 Å². The van der Waals surface area contributed by atoms with E-state index in [2.05, 4.69) is 51.1 Å². The first kappa shape index (κ1) is 29.6. The number of amides is 1. The van der Waals surface area contributed by atoms with E-state index >= 15 is 0 Å². The maximum Gasteiger partial charge on any atom is 0.247 e. The zero-order valence-corrected chi connectivity index (χ0v) is 24.7. The maximum absolute atomic E-state index is 13.8. The van der Waals surface area contributed by atoms with E-state index in [1.165, 1.54) is 18.5 Å². The minimum atomic E-state index is -0.471. The molecule has 3 heterocycles. The van der Waals surface area contributed by atoms with Crippen molar-refractivity contribution in [1.82, 2.24) is 14.9 Å². The molecule has 3 aromatic rings. The van der Waals surface area contributed by atoms with Crippen molar-refractivity contribution in [3.63, 3.8) is 0 Å². The summed E-state index contributed by atoms with van der Waals surface area (Å²) in [4.78, 5) is 31.6. The van der Waals surface area contributed by atoms with Crippen molar-refractivity contribution >= 4 is 46.2 Å². The number of aromatic nitrogens is 2. The molecule has 0 saturated carbocycles. The molecule has 0 spiro atoms. The van der Waals surface area contributed by atoms with Crippen LogP contribution < -0.4 is 25.3 Å². The normalized spacial score (nSPS) is 17.4. The van der Waals surface area contributed by atoms with Crippen LogP contribution in [0.15, 0.2) is 55.4 Å². The molecule has 2 aliphatic heterocycles. The van der Waals surface area contributed by atoms with E-state index in [0.717, 1.165) is 37.2 Å². The van der Waals surface area contributed by atoms with Crippen LogP contribution in [0.1, 0.15) is 30.9 Å². The Hall–Kier alpha value is -3.93. The minimum absolute atomic E-state index is 0.0568. The molecule has 5 rings (SSSR count). The number of nitrogens with one attached hydrogen (secondary N) is 2. The van der Waals surface area contributed by atoms with Crippen molar-refractivity contribution < 1.29 is 18.8 Å². The number of hydrogen-bond donors (Lipinski definition) is 2. The third-order valence-corrected chi connectivity index (χ3v) is 7.96. The number of benzene rings is 2. The average molecular weight is 596 g/mol. The fourth-order valence-electron chi connectivity index (χ4n) is 5.40. The highest BCUT2D eigenvalue weighted by Gasteiger charge is 2.30. The molecule has 0 bridgehead atoms. The van der Waals surface area contributed by atoms with Gasteiger partial charge >= 0.3 is 0 Å². The summed E-state index contributed by atoms with van der Waals surface area (Å²) in [6, 6.07) is 10.5. The molecule has 1 amide bonds. The molecule has 2 saturated heterocycles. The van der Waals surface area contributed by atoms with Crippen LogP contribution in [0.5, 0.6) is 5.75 Å². The molecule has 42 heavy (non-hydrogen) atoms. The molecule has 2 aliphatic rings. The Labute approximate surface area is 250 Å². The highest BCUT2D eigenvalue weighted by atomic mass is 35.5. The number of hydrogen-bond acceptors (Lipinski definition) is 9. The number of rotatable bonds is 9. The van der Waals surface area contributed by atoms with Crippen LogP contribution in [0.3, 0.4) is 0 Å². The van der Waals surface area contributed by atoms with Gasteiger partial charge in [-0.3, -0.25) is 9.63 Å². The lowest BCUT2D eigenvalue weighted by Gasteiger charge is -2.37. The van der Waals surface area contributed by atoms with Crippen molar-refractivity contribution in [2.45, 2.75) is 31.3 Å². The minimum Gasteiger partial charge on any atom is -0.494 e. The molecule has 1 aromatic heterocycles. The second-order valence-corrected chi connectivity index (χ2v) is 10.9. The van der Waals surface area contributed by atoms with Crippen LogP contribution in [0.2, 0.25) is 5.02 Å². The van der Waals surface area contributed by atoms with Gasteiger partial charge in [0, 0.05) is 37.7 Å². The van der Waals surface area contributed by atoms with Gasteiger partial charge in [-0.1, -0.05) is 24.2 Å². The van der Waals surface area contributed by atoms with E-state index in [1.54, 1.807) is 30.4 Å². The molecule has 1 atom stereocenters. The number of hydroxylamine groups is 1. The SMILES string of the molecule is C=CC(=O)Nc1cc(Nc2cc(N3OCCC3c3ccc(F)c(Cl)c3)ncn2)c(OC)cc1N1CCC(N(C)C)CC1. The van der Waals surface area contributed by atoms with Gasteiger partial charge < -0.3 is 25.2 Å². The summed E-state index contributed by atoms with van der Waals surface area (Å²) >= 11 is 6.04. The van der Waals surface area contributed by atoms with Gasteiger partial charge in [0.05, 0.1) is 41.8 Å². The Morgan fingerprint density at radius 2 is 1.95 bits per heavy atom. The molecule has 0 radical (unpaired) electrons. The zero-order chi connectivity index (χ0) is 29.8. The molecule has 12 heteroatoms. The molecule has 2 fully saturated rings. The average Bonchev–Trinajstić information content (AvgIpc) is 3.49. The third-order valence-electron chi connectivity index (χ3n) is 7.67. The standard InChI is InChI=1S/C30H35ClFN7O3/c1-5-30(40)36-23-15-24(27(41-4)16-26(23)38-11-8-20(9-12-38)37(2)3)35-28-17-29(34-18-33-28)39-25(10-13-42-39)19-6-7-22(32)21(31)14-19/h5-7,14-18,20,25H,1,8-13H2,2-4H3,(H,36,40)(H,33,34,35). The largest absolute Gasteiger partial charge is 0.494 e. The first-order valence-electron chi connectivity index (χ1n) is 13.8. The predicted molar refractivity (Wildman–Crippen MR) is 163 cm³/mol. The number of anilines is 5. The smallest absolute Gasteiger partial charge is 0.247 e. The maximum atomic E-state index is 13.8. The monoisotopic (exact) mass is 595 g/mol. The predicted octanol–water partition coefficient (Wildman–Crippen LogP) is 5.56. The first-order valence-corrected chi connectivity index (χ1v) is 14.2.